The minimum atomic E-state index is 0.0700. The highest BCUT2D eigenvalue weighted by molar-refractivity contribution is 8.01. The van der Waals surface area contributed by atoms with Crippen molar-refractivity contribution in [2.45, 2.75) is 16.2 Å². The lowest BCUT2D eigenvalue weighted by atomic mass is 10.1. The minimum absolute atomic E-state index is 0.0700. The number of halogens is 1. The van der Waals surface area contributed by atoms with E-state index in [1.54, 1.807) is 23.5 Å². The predicted molar refractivity (Wildman–Crippen MR) is 69.4 cm³/mol. The van der Waals surface area contributed by atoms with Gasteiger partial charge in [0.1, 0.15) is 0 Å². The van der Waals surface area contributed by atoms with Gasteiger partial charge in [-0.2, -0.15) is 0 Å². The molecule has 0 atom stereocenters. The van der Waals surface area contributed by atoms with Crippen molar-refractivity contribution in [1.29, 1.82) is 0 Å². The Bertz CT molecular complexity index is 352. The first-order chi connectivity index (χ1) is 7.21. The Morgan fingerprint density at radius 1 is 1.27 bits per heavy atom. The third-order valence-electron chi connectivity index (χ3n) is 2.00. The van der Waals surface area contributed by atoms with Crippen molar-refractivity contribution in [3.63, 3.8) is 0 Å². The monoisotopic (exact) mass is 260 g/mol. The molecule has 1 rings (SSSR count). The second-order valence-electron chi connectivity index (χ2n) is 3.04. The quantitative estimate of drug-likeness (QED) is 0.596. The third-order valence-corrected chi connectivity index (χ3v) is 4.00. The summed E-state index contributed by atoms with van der Waals surface area (Å²) >= 11 is 8.90. The van der Waals surface area contributed by atoms with Crippen LogP contribution in [0.25, 0.3) is 0 Å². The molecule has 0 bridgehead atoms. The van der Waals surface area contributed by atoms with Crippen molar-refractivity contribution in [2.75, 3.05) is 18.4 Å². The predicted octanol–water partition coefficient (Wildman–Crippen LogP) is 3.48. The topological polar surface area (TPSA) is 17.1 Å². The van der Waals surface area contributed by atoms with E-state index < -0.39 is 0 Å². The van der Waals surface area contributed by atoms with E-state index in [1.165, 1.54) is 9.79 Å². The van der Waals surface area contributed by atoms with Gasteiger partial charge in [0.15, 0.2) is 5.78 Å². The molecule has 0 aliphatic carbocycles. The van der Waals surface area contributed by atoms with Gasteiger partial charge in [-0.15, -0.1) is 35.1 Å². The van der Waals surface area contributed by atoms with Gasteiger partial charge in [0, 0.05) is 16.2 Å². The lowest BCUT2D eigenvalue weighted by molar-refractivity contribution is -0.116. The van der Waals surface area contributed by atoms with E-state index in [4.69, 9.17) is 11.6 Å². The van der Waals surface area contributed by atoms with Crippen LogP contribution in [-0.2, 0) is 11.2 Å². The summed E-state index contributed by atoms with van der Waals surface area (Å²) in [6.45, 7) is 0. The number of Topliss-reactive ketones (excluding diaryl/α,β-unsaturated/α-hetero) is 1. The zero-order chi connectivity index (χ0) is 11.3. The van der Waals surface area contributed by atoms with Crippen LogP contribution in [0.1, 0.15) is 5.56 Å². The molecule has 0 aromatic heterocycles. The van der Waals surface area contributed by atoms with Gasteiger partial charge in [-0.1, -0.05) is 6.07 Å². The molecule has 4 heteroatoms. The number of hydrogen-bond donors (Lipinski definition) is 0. The maximum absolute atomic E-state index is 11.2. The lowest BCUT2D eigenvalue weighted by Crippen LogP contribution is -2.03. The highest BCUT2D eigenvalue weighted by Gasteiger charge is 2.05. The fourth-order valence-corrected chi connectivity index (χ4v) is 2.86. The molecule has 0 N–H and O–H groups in total. The van der Waals surface area contributed by atoms with E-state index in [-0.39, 0.29) is 11.7 Å². The van der Waals surface area contributed by atoms with Crippen molar-refractivity contribution in [1.82, 2.24) is 0 Å². The van der Waals surface area contributed by atoms with Crippen LogP contribution in [0.4, 0.5) is 0 Å². The van der Waals surface area contributed by atoms with Crippen molar-refractivity contribution >= 4 is 40.9 Å². The summed E-state index contributed by atoms with van der Waals surface area (Å²) in [6, 6.07) is 6.13. The average molecular weight is 261 g/mol. The molecule has 82 valence electrons. The number of carbonyl (C=O) groups excluding carboxylic acids is 1. The molecule has 15 heavy (non-hydrogen) atoms. The summed E-state index contributed by atoms with van der Waals surface area (Å²) in [5, 5.41) is 0. The van der Waals surface area contributed by atoms with Crippen molar-refractivity contribution in [2.24, 2.45) is 0 Å². The highest BCUT2D eigenvalue weighted by atomic mass is 35.5. The number of benzene rings is 1. The van der Waals surface area contributed by atoms with Crippen molar-refractivity contribution in [3.05, 3.63) is 23.8 Å². The summed E-state index contributed by atoms with van der Waals surface area (Å²) in [5.74, 6) is 0.166. The Hall–Kier alpha value is -0.120. The number of hydrogen-bond acceptors (Lipinski definition) is 3. The van der Waals surface area contributed by atoms with E-state index in [0.717, 1.165) is 5.56 Å². The molecule has 1 aromatic carbocycles. The van der Waals surface area contributed by atoms with Crippen LogP contribution in [-0.4, -0.2) is 24.2 Å². The van der Waals surface area contributed by atoms with E-state index >= 15 is 0 Å². The largest absolute Gasteiger partial charge is 0.298 e. The summed E-state index contributed by atoms with van der Waals surface area (Å²) in [5.41, 5.74) is 1.04. The van der Waals surface area contributed by atoms with Crippen LogP contribution in [0.2, 0.25) is 0 Å². The van der Waals surface area contributed by atoms with Gasteiger partial charge in [-0.05, 0) is 30.2 Å². The Labute approximate surface area is 104 Å². The molecular weight excluding hydrogens is 248 g/mol. The van der Waals surface area contributed by atoms with Crippen LogP contribution in [0, 0.1) is 0 Å². The fourth-order valence-electron chi connectivity index (χ4n) is 1.27. The SMILES string of the molecule is CSc1ccc(CC(=O)CCl)cc1SC. The lowest BCUT2D eigenvalue weighted by Gasteiger charge is -2.06. The smallest absolute Gasteiger partial charge is 0.151 e. The van der Waals surface area contributed by atoms with Crippen LogP contribution in [0.5, 0.6) is 0 Å². The van der Waals surface area contributed by atoms with Crippen LogP contribution >= 0.6 is 35.1 Å². The van der Waals surface area contributed by atoms with Gasteiger partial charge in [0.2, 0.25) is 0 Å². The van der Waals surface area contributed by atoms with Gasteiger partial charge < -0.3 is 0 Å². The van der Waals surface area contributed by atoms with E-state index in [9.17, 15) is 4.79 Å². The summed E-state index contributed by atoms with van der Waals surface area (Å²) in [6.07, 6.45) is 4.53. The summed E-state index contributed by atoms with van der Waals surface area (Å²) in [7, 11) is 0. The van der Waals surface area contributed by atoms with E-state index in [0.29, 0.717) is 6.42 Å². The maximum atomic E-state index is 11.2. The van der Waals surface area contributed by atoms with Gasteiger partial charge in [0.25, 0.3) is 0 Å². The van der Waals surface area contributed by atoms with Gasteiger partial charge in [-0.3, -0.25) is 4.79 Å². The van der Waals surface area contributed by atoms with E-state index in [1.807, 2.05) is 12.3 Å². The van der Waals surface area contributed by atoms with Crippen molar-refractivity contribution < 1.29 is 4.79 Å². The number of thioether (sulfide) groups is 2. The molecule has 0 saturated heterocycles. The number of carbonyl (C=O) groups is 1. The summed E-state index contributed by atoms with van der Waals surface area (Å²) in [4.78, 5) is 13.7. The molecule has 0 saturated carbocycles. The Morgan fingerprint density at radius 3 is 2.47 bits per heavy atom. The number of alkyl halides is 1. The first-order valence-corrected chi connectivity index (χ1v) is 7.48. The fraction of sp³-hybridized carbons (Fsp3) is 0.364. The Kier molecular flexibility index (Phi) is 5.58. The average Bonchev–Trinajstić information content (AvgIpc) is 2.28. The maximum Gasteiger partial charge on any atom is 0.151 e. The first kappa shape index (κ1) is 12.9. The third kappa shape index (κ3) is 3.74. The van der Waals surface area contributed by atoms with Crippen LogP contribution < -0.4 is 0 Å². The number of ketones is 1. The molecule has 1 nitrogen and oxygen atoms in total. The van der Waals surface area contributed by atoms with Crippen LogP contribution in [0.3, 0.4) is 0 Å². The molecule has 0 aliphatic heterocycles. The second-order valence-corrected chi connectivity index (χ2v) is 5.00. The molecule has 0 heterocycles. The molecular formula is C11H13ClOS2. The normalized spacial score (nSPS) is 10.3. The zero-order valence-electron chi connectivity index (χ0n) is 8.75. The Balaban J connectivity index is 2.88. The minimum Gasteiger partial charge on any atom is -0.298 e. The first-order valence-electron chi connectivity index (χ1n) is 4.49. The van der Waals surface area contributed by atoms with Crippen molar-refractivity contribution in [3.8, 4) is 0 Å². The summed E-state index contributed by atoms with van der Waals surface area (Å²) < 4.78 is 0. The molecule has 0 radical (unpaired) electrons. The molecule has 0 fully saturated rings. The number of rotatable bonds is 5. The molecule has 1 aromatic rings. The molecule has 0 spiro atoms. The molecule has 0 unspecified atom stereocenters. The molecule has 0 amide bonds. The van der Waals surface area contributed by atoms with Gasteiger partial charge >= 0.3 is 0 Å². The Morgan fingerprint density at radius 2 is 1.93 bits per heavy atom. The second kappa shape index (κ2) is 6.46. The van der Waals surface area contributed by atoms with Gasteiger partial charge in [-0.25, -0.2) is 0 Å². The van der Waals surface area contributed by atoms with Crippen LogP contribution in [0.15, 0.2) is 28.0 Å². The highest BCUT2D eigenvalue weighted by Crippen LogP contribution is 2.29. The van der Waals surface area contributed by atoms with E-state index in [2.05, 4.69) is 18.4 Å². The zero-order valence-corrected chi connectivity index (χ0v) is 11.1. The standard InChI is InChI=1S/C11H13ClOS2/c1-14-10-4-3-8(5-9(13)7-12)6-11(10)15-2/h3-4,6H,5,7H2,1-2H3. The van der Waals surface area contributed by atoms with Gasteiger partial charge in [0.05, 0.1) is 5.88 Å². The molecule has 0 aliphatic rings.